The molecule has 0 aromatic rings. The standard InChI is InChI=1S/C11H23NO2S/c13-7-5-12(6-8-14-9-10-15)11-3-1-2-4-11/h11,13,15H,1-10H2. The number of aliphatic hydroxyl groups excluding tert-OH is 1. The molecular formula is C11H23NO2S. The van der Waals surface area contributed by atoms with Crippen molar-refractivity contribution in [3.63, 3.8) is 0 Å². The van der Waals surface area contributed by atoms with E-state index in [0.717, 1.165) is 32.1 Å². The van der Waals surface area contributed by atoms with Gasteiger partial charge in [0.2, 0.25) is 0 Å². The molecule has 15 heavy (non-hydrogen) atoms. The fraction of sp³-hybridized carbons (Fsp3) is 1.00. The Kier molecular flexibility index (Phi) is 7.44. The summed E-state index contributed by atoms with van der Waals surface area (Å²) in [6, 6.07) is 0.678. The maximum absolute atomic E-state index is 9.01. The number of aliphatic hydroxyl groups is 1. The summed E-state index contributed by atoms with van der Waals surface area (Å²) < 4.78 is 5.42. The molecule has 90 valence electrons. The Morgan fingerprint density at radius 1 is 1.20 bits per heavy atom. The van der Waals surface area contributed by atoms with Crippen LogP contribution in [0.5, 0.6) is 0 Å². The highest BCUT2D eigenvalue weighted by Gasteiger charge is 2.21. The van der Waals surface area contributed by atoms with Gasteiger partial charge in [0.25, 0.3) is 0 Å². The van der Waals surface area contributed by atoms with E-state index in [-0.39, 0.29) is 6.61 Å². The molecular weight excluding hydrogens is 210 g/mol. The Balaban J connectivity index is 2.17. The van der Waals surface area contributed by atoms with E-state index in [0.29, 0.717) is 6.04 Å². The molecule has 1 aliphatic rings. The lowest BCUT2D eigenvalue weighted by atomic mass is 10.2. The van der Waals surface area contributed by atoms with E-state index in [2.05, 4.69) is 17.5 Å². The zero-order chi connectivity index (χ0) is 10.9. The van der Waals surface area contributed by atoms with Crippen LogP contribution < -0.4 is 0 Å². The predicted molar refractivity (Wildman–Crippen MR) is 65.6 cm³/mol. The van der Waals surface area contributed by atoms with Crippen molar-refractivity contribution < 1.29 is 9.84 Å². The molecule has 0 atom stereocenters. The van der Waals surface area contributed by atoms with Gasteiger partial charge in [-0.05, 0) is 12.8 Å². The molecule has 1 N–H and O–H groups in total. The fourth-order valence-electron chi connectivity index (χ4n) is 2.22. The van der Waals surface area contributed by atoms with Crippen molar-refractivity contribution in [2.24, 2.45) is 0 Å². The highest BCUT2D eigenvalue weighted by Crippen LogP contribution is 2.22. The van der Waals surface area contributed by atoms with Crippen molar-refractivity contribution in [1.29, 1.82) is 0 Å². The minimum absolute atomic E-state index is 0.253. The lowest BCUT2D eigenvalue weighted by molar-refractivity contribution is 0.0844. The van der Waals surface area contributed by atoms with Crippen LogP contribution in [0.3, 0.4) is 0 Å². The molecule has 3 nitrogen and oxygen atoms in total. The first-order valence-electron chi connectivity index (χ1n) is 5.92. The van der Waals surface area contributed by atoms with Crippen LogP contribution >= 0.6 is 12.6 Å². The zero-order valence-corrected chi connectivity index (χ0v) is 10.3. The second kappa shape index (κ2) is 8.39. The molecule has 0 bridgehead atoms. The Morgan fingerprint density at radius 2 is 1.93 bits per heavy atom. The highest BCUT2D eigenvalue weighted by atomic mass is 32.1. The first kappa shape index (κ1) is 13.3. The number of rotatable bonds is 8. The van der Waals surface area contributed by atoms with Gasteiger partial charge in [0.1, 0.15) is 0 Å². The summed E-state index contributed by atoms with van der Waals surface area (Å²) in [6.45, 7) is 3.47. The van der Waals surface area contributed by atoms with Crippen molar-refractivity contribution >= 4 is 12.6 Å². The first-order chi connectivity index (χ1) is 7.38. The molecule has 1 rings (SSSR count). The van der Waals surface area contributed by atoms with Crippen LogP contribution in [0.4, 0.5) is 0 Å². The van der Waals surface area contributed by atoms with Crippen LogP contribution in [-0.4, -0.2) is 54.7 Å². The quantitative estimate of drug-likeness (QED) is 0.488. The van der Waals surface area contributed by atoms with Gasteiger partial charge >= 0.3 is 0 Å². The summed E-state index contributed by atoms with van der Waals surface area (Å²) in [5.41, 5.74) is 0. The molecule has 1 aliphatic carbocycles. The highest BCUT2D eigenvalue weighted by molar-refractivity contribution is 7.80. The van der Waals surface area contributed by atoms with E-state index in [1.807, 2.05) is 0 Å². The van der Waals surface area contributed by atoms with Gasteiger partial charge in [-0.3, -0.25) is 4.90 Å². The molecule has 4 heteroatoms. The van der Waals surface area contributed by atoms with Crippen LogP contribution in [0, 0.1) is 0 Å². The number of ether oxygens (including phenoxy) is 1. The van der Waals surface area contributed by atoms with Gasteiger partial charge < -0.3 is 9.84 Å². The second-order valence-corrected chi connectivity index (χ2v) is 4.48. The number of hydrogen-bond donors (Lipinski definition) is 2. The van der Waals surface area contributed by atoms with E-state index in [1.165, 1.54) is 25.7 Å². The van der Waals surface area contributed by atoms with Crippen molar-refractivity contribution in [3.8, 4) is 0 Å². The third-order valence-electron chi connectivity index (χ3n) is 2.99. The molecule has 1 saturated carbocycles. The number of hydrogen-bond acceptors (Lipinski definition) is 4. The van der Waals surface area contributed by atoms with Crippen molar-refractivity contribution in [2.45, 2.75) is 31.7 Å². The fourth-order valence-corrected chi connectivity index (χ4v) is 2.35. The van der Waals surface area contributed by atoms with Crippen molar-refractivity contribution in [2.75, 3.05) is 38.7 Å². The van der Waals surface area contributed by atoms with Crippen LogP contribution in [0.25, 0.3) is 0 Å². The summed E-state index contributed by atoms with van der Waals surface area (Å²) in [7, 11) is 0. The molecule has 0 aliphatic heterocycles. The number of nitrogens with zero attached hydrogens (tertiary/aromatic N) is 1. The average Bonchev–Trinajstić information content (AvgIpc) is 2.76. The van der Waals surface area contributed by atoms with Gasteiger partial charge in [0.15, 0.2) is 0 Å². The van der Waals surface area contributed by atoms with E-state index in [4.69, 9.17) is 9.84 Å². The molecule has 0 amide bonds. The maximum Gasteiger partial charge on any atom is 0.0593 e. The van der Waals surface area contributed by atoms with Gasteiger partial charge in [-0.1, -0.05) is 12.8 Å². The largest absolute Gasteiger partial charge is 0.395 e. The SMILES string of the molecule is OCCN(CCOCCS)C1CCCC1. The van der Waals surface area contributed by atoms with E-state index < -0.39 is 0 Å². The molecule has 1 fully saturated rings. The van der Waals surface area contributed by atoms with Crippen molar-refractivity contribution in [1.82, 2.24) is 4.90 Å². The molecule has 0 aromatic heterocycles. The van der Waals surface area contributed by atoms with Crippen LogP contribution in [-0.2, 0) is 4.74 Å². The third-order valence-corrected chi connectivity index (χ3v) is 3.17. The lowest BCUT2D eigenvalue weighted by Crippen LogP contribution is -2.38. The van der Waals surface area contributed by atoms with Gasteiger partial charge in [0, 0.05) is 24.9 Å². The predicted octanol–water partition coefficient (Wildman–Crippen LogP) is 1.17. The average molecular weight is 233 g/mol. The van der Waals surface area contributed by atoms with Crippen LogP contribution in [0.2, 0.25) is 0 Å². The minimum atomic E-state index is 0.253. The molecule has 0 heterocycles. The summed E-state index contributed by atoms with van der Waals surface area (Å²) >= 11 is 4.10. The molecule has 0 radical (unpaired) electrons. The van der Waals surface area contributed by atoms with Crippen molar-refractivity contribution in [3.05, 3.63) is 0 Å². The summed E-state index contributed by atoms with van der Waals surface area (Å²) in [5, 5.41) is 9.01. The summed E-state index contributed by atoms with van der Waals surface area (Å²) in [5.74, 6) is 0.781. The monoisotopic (exact) mass is 233 g/mol. The lowest BCUT2D eigenvalue weighted by Gasteiger charge is -2.27. The third kappa shape index (κ3) is 5.20. The van der Waals surface area contributed by atoms with Gasteiger partial charge in [-0.2, -0.15) is 12.6 Å². The molecule has 0 spiro atoms. The summed E-state index contributed by atoms with van der Waals surface area (Å²) in [4.78, 5) is 2.37. The molecule has 0 unspecified atom stereocenters. The van der Waals surface area contributed by atoms with E-state index in [1.54, 1.807) is 0 Å². The minimum Gasteiger partial charge on any atom is -0.395 e. The Bertz CT molecular complexity index is 152. The smallest absolute Gasteiger partial charge is 0.0593 e. The molecule has 0 aromatic carbocycles. The van der Waals surface area contributed by atoms with E-state index >= 15 is 0 Å². The topological polar surface area (TPSA) is 32.7 Å². The van der Waals surface area contributed by atoms with E-state index in [9.17, 15) is 0 Å². The Morgan fingerprint density at radius 3 is 2.53 bits per heavy atom. The Labute approximate surface area is 98.2 Å². The summed E-state index contributed by atoms with van der Waals surface area (Å²) in [6.07, 6.45) is 5.24. The maximum atomic E-state index is 9.01. The normalized spacial score (nSPS) is 17.8. The molecule has 0 saturated heterocycles. The second-order valence-electron chi connectivity index (χ2n) is 4.03. The van der Waals surface area contributed by atoms with Crippen LogP contribution in [0.1, 0.15) is 25.7 Å². The first-order valence-corrected chi connectivity index (χ1v) is 6.55. The van der Waals surface area contributed by atoms with Gasteiger partial charge in [-0.15, -0.1) is 0 Å². The number of thiol groups is 1. The van der Waals surface area contributed by atoms with Crippen LogP contribution in [0.15, 0.2) is 0 Å². The Hall–Kier alpha value is 0.230. The van der Waals surface area contributed by atoms with Gasteiger partial charge in [0.05, 0.1) is 19.8 Å². The van der Waals surface area contributed by atoms with Gasteiger partial charge in [-0.25, -0.2) is 0 Å². The zero-order valence-electron chi connectivity index (χ0n) is 9.40.